The van der Waals surface area contributed by atoms with Crippen LogP contribution in [0.1, 0.15) is 43.0 Å². The van der Waals surface area contributed by atoms with Crippen molar-refractivity contribution in [2.24, 2.45) is 0 Å². The Labute approximate surface area is 108 Å². The van der Waals surface area contributed by atoms with Gasteiger partial charge in [0.1, 0.15) is 5.75 Å². The molecule has 3 nitrogen and oxygen atoms in total. The molecule has 1 aliphatic rings. The van der Waals surface area contributed by atoms with Gasteiger partial charge in [-0.25, -0.2) is 0 Å². The van der Waals surface area contributed by atoms with E-state index >= 15 is 0 Å². The van der Waals surface area contributed by atoms with Crippen molar-refractivity contribution in [3.05, 3.63) is 29.8 Å². The molecule has 0 heterocycles. The fourth-order valence-corrected chi connectivity index (χ4v) is 2.69. The zero-order chi connectivity index (χ0) is 13.0. The summed E-state index contributed by atoms with van der Waals surface area (Å²) >= 11 is 0. The summed E-state index contributed by atoms with van der Waals surface area (Å²) in [6.45, 7) is 3.53. The van der Waals surface area contributed by atoms with Gasteiger partial charge in [-0.2, -0.15) is 0 Å². The predicted octanol–water partition coefficient (Wildman–Crippen LogP) is 2.84. The molecule has 0 radical (unpaired) electrons. The molecule has 1 aromatic carbocycles. The van der Waals surface area contributed by atoms with Gasteiger partial charge in [-0.15, -0.1) is 0 Å². The summed E-state index contributed by atoms with van der Waals surface area (Å²) in [7, 11) is 0. The van der Waals surface area contributed by atoms with E-state index in [4.69, 9.17) is 0 Å². The fraction of sp³-hybridized carbons (Fsp3) is 0.533. The monoisotopic (exact) mass is 247 g/mol. The molecule has 3 heteroatoms. The Morgan fingerprint density at radius 2 is 1.89 bits per heavy atom. The second-order valence-corrected chi connectivity index (χ2v) is 4.97. The van der Waals surface area contributed by atoms with Crippen LogP contribution in [0.25, 0.3) is 0 Å². The standard InChI is InChI=1S/C15H21NO2/c1-2-16(13-5-3-4-6-13)11-15(18)12-7-9-14(17)10-8-12/h7-10,13,17H,2-6,11H2,1H3. The van der Waals surface area contributed by atoms with Crippen LogP contribution in [0.5, 0.6) is 5.75 Å². The van der Waals surface area contributed by atoms with Crippen LogP contribution >= 0.6 is 0 Å². The number of carbonyl (C=O) groups excluding carboxylic acids is 1. The summed E-state index contributed by atoms with van der Waals surface area (Å²) in [6, 6.07) is 7.11. The van der Waals surface area contributed by atoms with Crippen molar-refractivity contribution in [1.29, 1.82) is 0 Å². The molecule has 2 rings (SSSR count). The molecule has 1 aromatic rings. The minimum Gasteiger partial charge on any atom is -0.508 e. The van der Waals surface area contributed by atoms with Crippen molar-refractivity contribution < 1.29 is 9.90 Å². The van der Waals surface area contributed by atoms with Gasteiger partial charge in [0.15, 0.2) is 5.78 Å². The molecule has 98 valence electrons. The number of aromatic hydroxyl groups is 1. The Morgan fingerprint density at radius 3 is 2.44 bits per heavy atom. The Balaban J connectivity index is 1.98. The highest BCUT2D eigenvalue weighted by molar-refractivity contribution is 5.97. The molecule has 0 aliphatic heterocycles. The van der Waals surface area contributed by atoms with Crippen molar-refractivity contribution in [1.82, 2.24) is 4.90 Å². The smallest absolute Gasteiger partial charge is 0.176 e. The van der Waals surface area contributed by atoms with Crippen LogP contribution in [-0.2, 0) is 0 Å². The summed E-state index contributed by atoms with van der Waals surface area (Å²) in [5.74, 6) is 0.346. The molecule has 0 amide bonds. The maximum Gasteiger partial charge on any atom is 0.176 e. The highest BCUT2D eigenvalue weighted by Gasteiger charge is 2.23. The van der Waals surface area contributed by atoms with E-state index in [1.807, 2.05) is 0 Å². The molecule has 0 spiro atoms. The minimum absolute atomic E-state index is 0.142. The highest BCUT2D eigenvalue weighted by atomic mass is 16.3. The van der Waals surface area contributed by atoms with Crippen LogP contribution in [0.2, 0.25) is 0 Å². The first kappa shape index (κ1) is 13.1. The van der Waals surface area contributed by atoms with E-state index in [2.05, 4.69) is 11.8 Å². The zero-order valence-corrected chi connectivity index (χ0v) is 10.9. The summed E-state index contributed by atoms with van der Waals surface area (Å²) < 4.78 is 0. The maximum absolute atomic E-state index is 12.2. The highest BCUT2D eigenvalue weighted by Crippen LogP contribution is 2.23. The number of carbonyl (C=O) groups is 1. The third-order valence-corrected chi connectivity index (χ3v) is 3.78. The lowest BCUT2D eigenvalue weighted by molar-refractivity contribution is 0.0899. The van der Waals surface area contributed by atoms with Gasteiger partial charge in [0, 0.05) is 11.6 Å². The number of Topliss-reactive ketones (excluding diaryl/α,β-unsaturated/α-hetero) is 1. The summed E-state index contributed by atoms with van der Waals surface area (Å²) in [6.07, 6.45) is 5.01. The van der Waals surface area contributed by atoms with Crippen LogP contribution in [-0.4, -0.2) is 34.9 Å². The van der Waals surface area contributed by atoms with Crippen LogP contribution < -0.4 is 0 Å². The molecule has 1 aliphatic carbocycles. The number of hydrogen-bond acceptors (Lipinski definition) is 3. The van der Waals surface area contributed by atoms with Gasteiger partial charge in [-0.05, 0) is 43.7 Å². The molecule has 1 N–H and O–H groups in total. The average Bonchev–Trinajstić information content (AvgIpc) is 2.90. The maximum atomic E-state index is 12.2. The van der Waals surface area contributed by atoms with Crippen LogP contribution in [0.4, 0.5) is 0 Å². The van der Waals surface area contributed by atoms with Crippen molar-refractivity contribution in [3.63, 3.8) is 0 Å². The molecule has 0 unspecified atom stereocenters. The van der Waals surface area contributed by atoms with E-state index in [9.17, 15) is 9.90 Å². The second kappa shape index (κ2) is 6.01. The van der Waals surface area contributed by atoms with Crippen molar-refractivity contribution in [2.45, 2.75) is 38.6 Å². The summed E-state index contributed by atoms with van der Waals surface area (Å²) in [5.41, 5.74) is 0.684. The molecular weight excluding hydrogens is 226 g/mol. The van der Waals surface area contributed by atoms with E-state index in [0.29, 0.717) is 18.2 Å². The van der Waals surface area contributed by atoms with E-state index in [-0.39, 0.29) is 11.5 Å². The second-order valence-electron chi connectivity index (χ2n) is 4.97. The predicted molar refractivity (Wildman–Crippen MR) is 71.9 cm³/mol. The number of rotatable bonds is 5. The average molecular weight is 247 g/mol. The third-order valence-electron chi connectivity index (χ3n) is 3.78. The summed E-state index contributed by atoms with van der Waals surface area (Å²) in [4.78, 5) is 14.4. The van der Waals surface area contributed by atoms with Crippen LogP contribution in [0, 0.1) is 0 Å². The van der Waals surface area contributed by atoms with Gasteiger partial charge < -0.3 is 5.11 Å². The molecule has 0 saturated heterocycles. The van der Waals surface area contributed by atoms with Crippen LogP contribution in [0.3, 0.4) is 0 Å². The van der Waals surface area contributed by atoms with Crippen molar-refractivity contribution in [3.8, 4) is 5.75 Å². The number of benzene rings is 1. The topological polar surface area (TPSA) is 40.5 Å². The molecular formula is C15H21NO2. The third kappa shape index (κ3) is 3.10. The molecule has 18 heavy (non-hydrogen) atoms. The Kier molecular flexibility index (Phi) is 4.37. The number of likely N-dealkylation sites (N-methyl/N-ethyl adjacent to an activating group) is 1. The number of ketones is 1. The normalized spacial score (nSPS) is 16.3. The lowest BCUT2D eigenvalue weighted by Gasteiger charge is -2.26. The molecule has 1 saturated carbocycles. The molecule has 0 atom stereocenters. The summed E-state index contributed by atoms with van der Waals surface area (Å²) in [5, 5.41) is 9.22. The van der Waals surface area contributed by atoms with E-state index in [1.165, 1.54) is 25.7 Å². The lowest BCUT2D eigenvalue weighted by atomic mass is 10.1. The van der Waals surface area contributed by atoms with Gasteiger partial charge in [-0.3, -0.25) is 9.69 Å². The SMILES string of the molecule is CCN(CC(=O)c1ccc(O)cc1)C1CCCC1. The van der Waals surface area contributed by atoms with E-state index < -0.39 is 0 Å². The molecule has 1 fully saturated rings. The van der Waals surface area contributed by atoms with Gasteiger partial charge >= 0.3 is 0 Å². The Morgan fingerprint density at radius 1 is 1.28 bits per heavy atom. The Hall–Kier alpha value is -1.35. The first-order chi connectivity index (χ1) is 8.70. The number of hydrogen-bond donors (Lipinski definition) is 1. The van der Waals surface area contributed by atoms with E-state index in [1.54, 1.807) is 24.3 Å². The van der Waals surface area contributed by atoms with E-state index in [0.717, 1.165) is 6.54 Å². The first-order valence-electron chi connectivity index (χ1n) is 6.77. The fourth-order valence-electron chi connectivity index (χ4n) is 2.69. The first-order valence-corrected chi connectivity index (χ1v) is 6.77. The number of phenolic OH excluding ortho intramolecular Hbond substituents is 1. The molecule has 0 aromatic heterocycles. The number of phenols is 1. The van der Waals surface area contributed by atoms with Gasteiger partial charge in [-0.1, -0.05) is 19.8 Å². The molecule has 0 bridgehead atoms. The van der Waals surface area contributed by atoms with Gasteiger partial charge in [0.05, 0.1) is 6.54 Å². The minimum atomic E-state index is 0.142. The van der Waals surface area contributed by atoms with Crippen molar-refractivity contribution in [2.75, 3.05) is 13.1 Å². The number of nitrogens with zero attached hydrogens (tertiary/aromatic N) is 1. The van der Waals surface area contributed by atoms with Crippen LogP contribution in [0.15, 0.2) is 24.3 Å². The zero-order valence-electron chi connectivity index (χ0n) is 10.9. The largest absolute Gasteiger partial charge is 0.508 e. The Bertz CT molecular complexity index is 393. The van der Waals surface area contributed by atoms with Gasteiger partial charge in [0.25, 0.3) is 0 Å². The lowest BCUT2D eigenvalue weighted by Crippen LogP contribution is -2.37. The quantitative estimate of drug-likeness (QED) is 0.813. The van der Waals surface area contributed by atoms with Gasteiger partial charge in [0.2, 0.25) is 0 Å². The van der Waals surface area contributed by atoms with Crippen molar-refractivity contribution >= 4 is 5.78 Å².